The molecule has 1 heterocycles. The number of aryl methyl sites for hydroxylation is 2. The molecule has 6 heteroatoms. The Morgan fingerprint density at radius 2 is 1.95 bits per heavy atom. The van der Waals surface area contributed by atoms with Gasteiger partial charge < -0.3 is 11.1 Å². The van der Waals surface area contributed by atoms with Gasteiger partial charge in [-0.05, 0) is 32.8 Å². The number of carbonyl (C=O) groups excluding carboxylic acids is 1. The molecule has 0 saturated heterocycles. The highest BCUT2D eigenvalue weighted by atomic mass is 35.5. The van der Waals surface area contributed by atoms with Gasteiger partial charge in [-0.1, -0.05) is 29.3 Å². The third-order valence-corrected chi connectivity index (χ3v) is 4.03. The number of benzene rings is 1. The van der Waals surface area contributed by atoms with Crippen molar-refractivity contribution >= 4 is 29.7 Å². The second-order valence-corrected chi connectivity index (χ2v) is 6.35. The molecule has 0 aliphatic heterocycles. The first-order valence-corrected chi connectivity index (χ1v) is 7.88. The van der Waals surface area contributed by atoms with Crippen LogP contribution in [-0.2, 0) is 13.0 Å². The Morgan fingerprint density at radius 3 is 2.50 bits per heavy atom. The van der Waals surface area contributed by atoms with Gasteiger partial charge in [-0.25, -0.2) is 4.98 Å². The number of nitrogens with two attached hydrogens (primary N) is 1. The number of amides is 1. The van der Waals surface area contributed by atoms with Crippen LogP contribution in [0.1, 0.15) is 39.1 Å². The molecule has 0 bridgehead atoms. The van der Waals surface area contributed by atoms with Gasteiger partial charge in [0.2, 0.25) is 0 Å². The van der Waals surface area contributed by atoms with Crippen molar-refractivity contribution < 1.29 is 4.79 Å². The molecule has 0 radical (unpaired) electrons. The van der Waals surface area contributed by atoms with E-state index >= 15 is 0 Å². The standard InChI is InChI=1S/C16H21N3OS.ClH/c1-10-4-11(2)6-13(5-10)7-12(3)18-16(20)14-9-21-15(8-17)19-14;/h4-6,9,12H,7-8,17H2,1-3H3,(H,18,20);1H. The van der Waals surface area contributed by atoms with Crippen LogP contribution in [0, 0.1) is 13.8 Å². The van der Waals surface area contributed by atoms with E-state index in [1.165, 1.54) is 28.0 Å². The van der Waals surface area contributed by atoms with Gasteiger partial charge >= 0.3 is 0 Å². The summed E-state index contributed by atoms with van der Waals surface area (Å²) in [5.41, 5.74) is 9.69. The van der Waals surface area contributed by atoms with Gasteiger partial charge in [0, 0.05) is 18.0 Å². The van der Waals surface area contributed by atoms with Gasteiger partial charge in [0.05, 0.1) is 0 Å². The minimum Gasteiger partial charge on any atom is -0.348 e. The molecule has 22 heavy (non-hydrogen) atoms. The van der Waals surface area contributed by atoms with Crippen molar-refractivity contribution in [3.8, 4) is 0 Å². The number of carbonyl (C=O) groups is 1. The molecule has 3 N–H and O–H groups in total. The average molecular weight is 340 g/mol. The third-order valence-electron chi connectivity index (χ3n) is 3.16. The average Bonchev–Trinajstić information content (AvgIpc) is 2.85. The fraction of sp³-hybridized carbons (Fsp3) is 0.375. The van der Waals surface area contributed by atoms with Crippen LogP contribution in [0.2, 0.25) is 0 Å². The molecule has 1 atom stereocenters. The van der Waals surface area contributed by atoms with Crippen LogP contribution in [0.4, 0.5) is 0 Å². The molecule has 0 aliphatic carbocycles. The fourth-order valence-corrected chi connectivity index (χ4v) is 3.05. The van der Waals surface area contributed by atoms with Crippen LogP contribution in [-0.4, -0.2) is 16.9 Å². The molecule has 0 saturated carbocycles. The van der Waals surface area contributed by atoms with Crippen LogP contribution in [0.25, 0.3) is 0 Å². The Bertz CT molecular complexity index is 622. The van der Waals surface area contributed by atoms with E-state index < -0.39 is 0 Å². The first-order valence-electron chi connectivity index (χ1n) is 7.00. The Balaban J connectivity index is 0.00000242. The van der Waals surface area contributed by atoms with E-state index in [1.807, 2.05) is 6.92 Å². The van der Waals surface area contributed by atoms with Gasteiger partial charge in [0.1, 0.15) is 10.7 Å². The minimum absolute atomic E-state index is 0. The molecule has 0 aliphatic rings. The Kier molecular flexibility index (Phi) is 7.00. The highest BCUT2D eigenvalue weighted by Gasteiger charge is 2.13. The van der Waals surface area contributed by atoms with Gasteiger partial charge in [-0.15, -0.1) is 23.7 Å². The largest absolute Gasteiger partial charge is 0.348 e. The summed E-state index contributed by atoms with van der Waals surface area (Å²) in [7, 11) is 0. The fourth-order valence-electron chi connectivity index (χ4n) is 2.40. The van der Waals surface area contributed by atoms with E-state index in [0.717, 1.165) is 11.4 Å². The van der Waals surface area contributed by atoms with Crippen LogP contribution >= 0.6 is 23.7 Å². The first kappa shape index (κ1) is 18.6. The summed E-state index contributed by atoms with van der Waals surface area (Å²) in [4.78, 5) is 16.3. The molecule has 1 unspecified atom stereocenters. The normalized spacial score (nSPS) is 11.6. The lowest BCUT2D eigenvalue weighted by atomic mass is 10.0. The summed E-state index contributed by atoms with van der Waals surface area (Å²) in [5.74, 6) is -0.136. The van der Waals surface area contributed by atoms with Crippen molar-refractivity contribution in [2.45, 2.75) is 39.8 Å². The lowest BCUT2D eigenvalue weighted by molar-refractivity contribution is 0.0935. The molecule has 2 aromatic rings. The first-order chi connectivity index (χ1) is 9.97. The molecule has 2 rings (SSSR count). The SMILES string of the molecule is Cc1cc(C)cc(CC(C)NC(=O)c2csc(CN)n2)c1.Cl. The number of hydrogen-bond acceptors (Lipinski definition) is 4. The third kappa shape index (κ3) is 5.09. The van der Waals surface area contributed by atoms with Crippen molar-refractivity contribution in [2.24, 2.45) is 5.73 Å². The summed E-state index contributed by atoms with van der Waals surface area (Å²) in [6, 6.07) is 6.52. The highest BCUT2D eigenvalue weighted by Crippen LogP contribution is 2.12. The zero-order chi connectivity index (χ0) is 15.4. The van der Waals surface area contributed by atoms with E-state index in [-0.39, 0.29) is 24.4 Å². The van der Waals surface area contributed by atoms with Crippen molar-refractivity contribution in [3.63, 3.8) is 0 Å². The highest BCUT2D eigenvalue weighted by molar-refractivity contribution is 7.09. The summed E-state index contributed by atoms with van der Waals surface area (Å²) in [6.45, 7) is 6.55. The molecule has 0 fully saturated rings. The molecule has 1 aromatic carbocycles. The lowest BCUT2D eigenvalue weighted by Gasteiger charge is -2.14. The number of nitrogens with one attached hydrogen (secondary N) is 1. The number of hydrogen-bond donors (Lipinski definition) is 2. The summed E-state index contributed by atoms with van der Waals surface area (Å²) in [5, 5.41) is 5.52. The Hall–Kier alpha value is -1.43. The molecule has 120 valence electrons. The second kappa shape index (κ2) is 8.27. The molecule has 1 aromatic heterocycles. The topological polar surface area (TPSA) is 68.0 Å². The minimum atomic E-state index is -0.136. The van der Waals surface area contributed by atoms with Crippen molar-refractivity contribution in [2.75, 3.05) is 0 Å². The number of halogens is 1. The van der Waals surface area contributed by atoms with E-state index in [4.69, 9.17) is 5.73 Å². The van der Waals surface area contributed by atoms with Gasteiger partial charge in [0.25, 0.3) is 5.91 Å². The van der Waals surface area contributed by atoms with Gasteiger partial charge in [0.15, 0.2) is 0 Å². The number of rotatable bonds is 5. The molecule has 0 spiro atoms. The van der Waals surface area contributed by atoms with E-state index in [1.54, 1.807) is 5.38 Å². The van der Waals surface area contributed by atoms with Crippen molar-refractivity contribution in [1.29, 1.82) is 0 Å². The monoisotopic (exact) mass is 339 g/mol. The van der Waals surface area contributed by atoms with Crippen LogP contribution in [0.5, 0.6) is 0 Å². The zero-order valence-electron chi connectivity index (χ0n) is 13.1. The van der Waals surface area contributed by atoms with E-state index in [0.29, 0.717) is 12.2 Å². The molecular weight excluding hydrogens is 318 g/mol. The molecule has 1 amide bonds. The van der Waals surface area contributed by atoms with Crippen LogP contribution in [0.15, 0.2) is 23.6 Å². The van der Waals surface area contributed by atoms with E-state index in [9.17, 15) is 4.79 Å². The summed E-state index contributed by atoms with van der Waals surface area (Å²) in [6.07, 6.45) is 0.808. The number of thiazole rings is 1. The predicted molar refractivity (Wildman–Crippen MR) is 93.8 cm³/mol. The summed E-state index contributed by atoms with van der Waals surface area (Å²) >= 11 is 1.42. The Labute approximate surface area is 141 Å². The predicted octanol–water partition coefficient (Wildman–Crippen LogP) is 3.00. The van der Waals surface area contributed by atoms with Gasteiger partial charge in [-0.3, -0.25) is 4.79 Å². The second-order valence-electron chi connectivity index (χ2n) is 5.41. The lowest BCUT2D eigenvalue weighted by Crippen LogP contribution is -2.34. The maximum atomic E-state index is 12.1. The quantitative estimate of drug-likeness (QED) is 0.879. The zero-order valence-corrected chi connectivity index (χ0v) is 14.7. The van der Waals surface area contributed by atoms with Gasteiger partial charge in [-0.2, -0.15) is 0 Å². The van der Waals surface area contributed by atoms with Crippen molar-refractivity contribution in [1.82, 2.24) is 10.3 Å². The molecular formula is C16H22ClN3OS. The number of nitrogens with zero attached hydrogens (tertiary/aromatic N) is 1. The van der Waals surface area contributed by atoms with Crippen molar-refractivity contribution in [3.05, 3.63) is 51.0 Å². The Morgan fingerprint density at radius 1 is 1.32 bits per heavy atom. The maximum Gasteiger partial charge on any atom is 0.270 e. The summed E-state index contributed by atoms with van der Waals surface area (Å²) < 4.78 is 0. The molecule has 4 nitrogen and oxygen atoms in total. The van der Waals surface area contributed by atoms with Crippen LogP contribution in [0.3, 0.4) is 0 Å². The van der Waals surface area contributed by atoms with E-state index in [2.05, 4.69) is 42.3 Å². The smallest absolute Gasteiger partial charge is 0.270 e. The maximum absolute atomic E-state index is 12.1. The van der Waals surface area contributed by atoms with Crippen LogP contribution < -0.4 is 11.1 Å². The number of aromatic nitrogens is 1.